The van der Waals surface area contributed by atoms with Crippen molar-refractivity contribution in [3.05, 3.63) is 23.8 Å². The molecule has 1 aromatic rings. The van der Waals surface area contributed by atoms with E-state index in [0.717, 1.165) is 0 Å². The highest BCUT2D eigenvalue weighted by atomic mass is 32.2. The first-order chi connectivity index (χ1) is 9.20. The molecule has 0 amide bonds. The second kappa shape index (κ2) is 5.34. The van der Waals surface area contributed by atoms with Crippen molar-refractivity contribution >= 4 is 25.5 Å². The summed E-state index contributed by atoms with van der Waals surface area (Å²) in [6.07, 6.45) is 0.630. The van der Waals surface area contributed by atoms with Gasteiger partial charge in [-0.25, -0.2) is 21.6 Å². The zero-order valence-corrected chi connectivity index (χ0v) is 12.8. The predicted molar refractivity (Wildman–Crippen MR) is 77.6 cm³/mol. The fourth-order valence-corrected chi connectivity index (χ4v) is 4.99. The number of hydrogen-bond acceptors (Lipinski definition) is 5. The zero-order valence-electron chi connectivity index (χ0n) is 11.2. The Morgan fingerprint density at radius 2 is 1.85 bits per heavy atom. The normalized spacial score (nSPS) is 19.9. The average Bonchev–Trinajstić information content (AvgIpc) is 2.35. The van der Waals surface area contributed by atoms with Crippen molar-refractivity contribution in [2.24, 2.45) is 0 Å². The second-order valence-corrected chi connectivity index (χ2v) is 9.08. The molecule has 3 N–H and O–H groups in total. The van der Waals surface area contributed by atoms with Crippen LogP contribution in [0.3, 0.4) is 0 Å². The van der Waals surface area contributed by atoms with Crippen LogP contribution in [0.2, 0.25) is 0 Å². The number of nitrogen functional groups attached to an aromatic ring is 1. The van der Waals surface area contributed by atoms with E-state index in [2.05, 4.69) is 4.72 Å². The number of anilines is 1. The van der Waals surface area contributed by atoms with E-state index < -0.39 is 19.9 Å². The first kappa shape index (κ1) is 15.3. The van der Waals surface area contributed by atoms with Crippen molar-refractivity contribution in [1.82, 2.24) is 4.72 Å². The first-order valence-electron chi connectivity index (χ1n) is 6.28. The summed E-state index contributed by atoms with van der Waals surface area (Å²) in [5.41, 5.74) is 6.89. The van der Waals surface area contributed by atoms with Gasteiger partial charge in [-0.3, -0.25) is 0 Å². The molecular formula is C12H18N2O4S2. The molecule has 0 aromatic heterocycles. The van der Waals surface area contributed by atoms with Crippen molar-refractivity contribution in [3.8, 4) is 0 Å². The average molecular weight is 318 g/mol. The molecule has 6 nitrogen and oxygen atoms in total. The minimum Gasteiger partial charge on any atom is -0.399 e. The van der Waals surface area contributed by atoms with Gasteiger partial charge < -0.3 is 5.73 Å². The number of rotatable bonds is 3. The highest BCUT2D eigenvalue weighted by molar-refractivity contribution is 7.91. The monoisotopic (exact) mass is 318 g/mol. The van der Waals surface area contributed by atoms with Gasteiger partial charge >= 0.3 is 0 Å². The third-order valence-corrected chi connectivity index (χ3v) is 6.66. The molecule has 1 aliphatic rings. The van der Waals surface area contributed by atoms with Gasteiger partial charge in [0, 0.05) is 11.7 Å². The lowest BCUT2D eigenvalue weighted by Crippen LogP contribution is -2.40. The lowest BCUT2D eigenvalue weighted by atomic mass is 10.2. The molecule has 1 heterocycles. The van der Waals surface area contributed by atoms with E-state index in [1.165, 1.54) is 12.1 Å². The minimum atomic E-state index is -3.64. The molecular weight excluding hydrogens is 300 g/mol. The Labute approximate surface area is 119 Å². The Kier molecular flexibility index (Phi) is 4.08. The number of sulfonamides is 1. The SMILES string of the molecule is Cc1cc(S(=O)(=O)NC2CCS(=O)(=O)CC2)ccc1N. The van der Waals surface area contributed by atoms with E-state index in [4.69, 9.17) is 5.73 Å². The Hall–Kier alpha value is -1.12. The summed E-state index contributed by atoms with van der Waals surface area (Å²) in [5.74, 6) is 0.0574. The summed E-state index contributed by atoms with van der Waals surface area (Å²) in [6.45, 7) is 1.74. The van der Waals surface area contributed by atoms with Gasteiger partial charge in [0.2, 0.25) is 10.0 Å². The van der Waals surface area contributed by atoms with E-state index in [1.807, 2.05) is 0 Å². The van der Waals surface area contributed by atoms with E-state index in [0.29, 0.717) is 24.1 Å². The number of benzene rings is 1. The minimum absolute atomic E-state index is 0.0287. The summed E-state index contributed by atoms with van der Waals surface area (Å²) in [5, 5.41) is 0. The van der Waals surface area contributed by atoms with E-state index in [1.54, 1.807) is 13.0 Å². The first-order valence-corrected chi connectivity index (χ1v) is 9.59. The van der Waals surface area contributed by atoms with Gasteiger partial charge in [-0.1, -0.05) is 0 Å². The molecule has 1 aromatic carbocycles. The van der Waals surface area contributed by atoms with Crippen LogP contribution in [0.4, 0.5) is 5.69 Å². The van der Waals surface area contributed by atoms with Crippen LogP contribution in [-0.4, -0.2) is 34.4 Å². The third kappa shape index (κ3) is 3.50. The van der Waals surface area contributed by atoms with Crippen LogP contribution in [0.5, 0.6) is 0 Å². The number of sulfone groups is 1. The summed E-state index contributed by atoms with van der Waals surface area (Å²) >= 11 is 0. The van der Waals surface area contributed by atoms with Crippen molar-refractivity contribution in [3.63, 3.8) is 0 Å². The summed E-state index contributed by atoms with van der Waals surface area (Å²) in [6, 6.07) is 4.18. The van der Waals surface area contributed by atoms with Crippen LogP contribution in [0.15, 0.2) is 23.1 Å². The molecule has 1 fully saturated rings. The molecule has 20 heavy (non-hydrogen) atoms. The maximum Gasteiger partial charge on any atom is 0.240 e. The highest BCUT2D eigenvalue weighted by Gasteiger charge is 2.27. The Morgan fingerprint density at radius 3 is 2.40 bits per heavy atom. The molecule has 2 rings (SSSR count). The molecule has 1 saturated heterocycles. The van der Waals surface area contributed by atoms with E-state index in [9.17, 15) is 16.8 Å². The molecule has 0 radical (unpaired) electrons. The van der Waals surface area contributed by atoms with Crippen LogP contribution in [-0.2, 0) is 19.9 Å². The van der Waals surface area contributed by atoms with Gasteiger partial charge in [-0.2, -0.15) is 0 Å². The molecule has 0 aliphatic carbocycles. The van der Waals surface area contributed by atoms with Gasteiger partial charge in [-0.15, -0.1) is 0 Å². The maximum atomic E-state index is 12.2. The van der Waals surface area contributed by atoms with Crippen LogP contribution in [0.1, 0.15) is 18.4 Å². The molecule has 8 heteroatoms. The van der Waals surface area contributed by atoms with Crippen LogP contribution < -0.4 is 10.5 Å². The van der Waals surface area contributed by atoms with Crippen molar-refractivity contribution < 1.29 is 16.8 Å². The van der Waals surface area contributed by atoms with Crippen LogP contribution in [0, 0.1) is 6.92 Å². The molecule has 0 unspecified atom stereocenters. The van der Waals surface area contributed by atoms with E-state index in [-0.39, 0.29) is 22.4 Å². The lowest BCUT2D eigenvalue weighted by Gasteiger charge is -2.23. The topological polar surface area (TPSA) is 106 Å². The summed E-state index contributed by atoms with van der Waals surface area (Å²) < 4.78 is 49.7. The Balaban J connectivity index is 2.13. The fraction of sp³-hybridized carbons (Fsp3) is 0.500. The van der Waals surface area contributed by atoms with Crippen molar-refractivity contribution in [1.29, 1.82) is 0 Å². The predicted octanol–water partition coefficient (Wildman–Crippen LogP) is 0.433. The lowest BCUT2D eigenvalue weighted by molar-refractivity contribution is 0.505. The Morgan fingerprint density at radius 1 is 1.25 bits per heavy atom. The number of aryl methyl sites for hydroxylation is 1. The van der Waals surface area contributed by atoms with Crippen molar-refractivity contribution in [2.45, 2.75) is 30.7 Å². The fourth-order valence-electron chi connectivity index (χ4n) is 2.11. The molecule has 1 aliphatic heterocycles. The molecule has 0 atom stereocenters. The molecule has 112 valence electrons. The molecule has 0 bridgehead atoms. The van der Waals surface area contributed by atoms with Gasteiger partial charge in [0.05, 0.1) is 16.4 Å². The number of nitrogens with two attached hydrogens (primary N) is 1. The largest absolute Gasteiger partial charge is 0.399 e. The third-order valence-electron chi connectivity index (χ3n) is 3.43. The molecule has 0 spiro atoms. The number of nitrogens with one attached hydrogen (secondary N) is 1. The highest BCUT2D eigenvalue weighted by Crippen LogP contribution is 2.19. The van der Waals surface area contributed by atoms with Gasteiger partial charge in [0.15, 0.2) is 0 Å². The number of hydrogen-bond donors (Lipinski definition) is 2. The Bertz CT molecular complexity index is 697. The maximum absolute atomic E-state index is 12.2. The van der Waals surface area contributed by atoms with Crippen LogP contribution >= 0.6 is 0 Å². The summed E-state index contributed by atoms with van der Waals surface area (Å²) in [4.78, 5) is 0.151. The van der Waals surface area contributed by atoms with E-state index >= 15 is 0 Å². The standard InChI is InChI=1S/C12H18N2O4S2/c1-9-8-11(2-3-12(9)13)20(17,18)14-10-4-6-19(15,16)7-5-10/h2-3,8,10,14H,4-7,13H2,1H3. The van der Waals surface area contributed by atoms with Gasteiger partial charge in [0.25, 0.3) is 0 Å². The zero-order chi connectivity index (χ0) is 15.0. The van der Waals surface area contributed by atoms with Gasteiger partial charge in [-0.05, 0) is 43.5 Å². The second-order valence-electron chi connectivity index (χ2n) is 5.07. The molecule has 0 saturated carbocycles. The quantitative estimate of drug-likeness (QED) is 0.786. The van der Waals surface area contributed by atoms with Gasteiger partial charge in [0.1, 0.15) is 9.84 Å². The van der Waals surface area contributed by atoms with Crippen LogP contribution in [0.25, 0.3) is 0 Å². The smallest absolute Gasteiger partial charge is 0.240 e. The van der Waals surface area contributed by atoms with Crippen molar-refractivity contribution in [2.75, 3.05) is 17.2 Å². The summed E-state index contributed by atoms with van der Waals surface area (Å²) in [7, 11) is -6.64.